The minimum absolute atomic E-state index is 0.0830. The van der Waals surface area contributed by atoms with Crippen molar-refractivity contribution in [3.05, 3.63) is 28.2 Å². The summed E-state index contributed by atoms with van der Waals surface area (Å²) in [7, 11) is -3.82. The van der Waals surface area contributed by atoms with Crippen molar-refractivity contribution in [1.82, 2.24) is 4.72 Å². The summed E-state index contributed by atoms with van der Waals surface area (Å²) in [6.07, 6.45) is 0. The molecule has 3 N–H and O–H groups in total. The summed E-state index contributed by atoms with van der Waals surface area (Å²) >= 11 is 12.0. The molecule has 0 heterocycles. The molecule has 2 rings (SSSR count). The smallest absolute Gasteiger partial charge is 0.243 e. The molecule has 0 saturated heterocycles. The predicted molar refractivity (Wildman–Crippen MR) is 86.1 cm³/mol. The van der Waals surface area contributed by atoms with Gasteiger partial charge in [0.15, 0.2) is 0 Å². The van der Waals surface area contributed by atoms with Crippen LogP contribution < -0.4 is 10.5 Å². The second-order valence-electron chi connectivity index (χ2n) is 6.73. The van der Waals surface area contributed by atoms with E-state index in [0.29, 0.717) is 0 Å². The molecule has 1 fully saturated rings. The van der Waals surface area contributed by atoms with E-state index in [-0.39, 0.29) is 37.9 Å². The van der Waals surface area contributed by atoms with Gasteiger partial charge in [0.05, 0.1) is 10.0 Å². The molecule has 4 nitrogen and oxygen atoms in total. The van der Waals surface area contributed by atoms with Crippen LogP contribution in [-0.4, -0.2) is 20.5 Å². The molecule has 0 spiro atoms. The first-order chi connectivity index (χ1) is 9.42. The molecule has 0 bridgehead atoms. The Morgan fingerprint density at radius 3 is 1.95 bits per heavy atom. The summed E-state index contributed by atoms with van der Waals surface area (Å²) in [5.74, 6) is 0. The maximum atomic E-state index is 12.6. The van der Waals surface area contributed by atoms with Crippen LogP contribution in [0.4, 0.5) is 0 Å². The topological polar surface area (TPSA) is 72.2 Å². The van der Waals surface area contributed by atoms with E-state index in [4.69, 9.17) is 28.9 Å². The number of rotatable bonds is 3. The number of nitrogens with one attached hydrogen (secondary N) is 1. The maximum absolute atomic E-state index is 12.6. The second-order valence-corrected chi connectivity index (χ2v) is 9.19. The average Bonchev–Trinajstić information content (AvgIpc) is 2.34. The molecule has 1 aliphatic rings. The van der Waals surface area contributed by atoms with Crippen molar-refractivity contribution in [3.63, 3.8) is 0 Å². The molecular weight excluding hydrogens is 331 g/mol. The van der Waals surface area contributed by atoms with Crippen LogP contribution in [-0.2, 0) is 10.0 Å². The van der Waals surface area contributed by atoms with Gasteiger partial charge in [-0.15, -0.1) is 0 Å². The molecular formula is C14H20Cl2N2O2S. The highest BCUT2D eigenvalue weighted by Crippen LogP contribution is 2.53. The first kappa shape index (κ1) is 17.0. The van der Waals surface area contributed by atoms with Gasteiger partial charge >= 0.3 is 0 Å². The summed E-state index contributed by atoms with van der Waals surface area (Å²) in [4.78, 5) is -0.0830. The Hall–Kier alpha value is -0.330. The molecule has 1 saturated carbocycles. The third kappa shape index (κ3) is 2.59. The van der Waals surface area contributed by atoms with Crippen LogP contribution in [0.5, 0.6) is 0 Å². The van der Waals surface area contributed by atoms with Gasteiger partial charge in [-0.3, -0.25) is 0 Å². The molecule has 0 aromatic heterocycles. The zero-order chi connectivity index (χ0) is 16.2. The maximum Gasteiger partial charge on any atom is 0.243 e. The van der Waals surface area contributed by atoms with E-state index in [1.807, 2.05) is 27.7 Å². The zero-order valence-corrected chi connectivity index (χ0v) is 14.8. The molecule has 118 valence electrons. The lowest BCUT2D eigenvalue weighted by atomic mass is 9.49. The van der Waals surface area contributed by atoms with E-state index in [1.54, 1.807) is 6.07 Å². The number of halogens is 2. The quantitative estimate of drug-likeness (QED) is 0.879. The van der Waals surface area contributed by atoms with Crippen LogP contribution in [0.1, 0.15) is 27.7 Å². The van der Waals surface area contributed by atoms with E-state index in [9.17, 15) is 8.42 Å². The Balaban J connectivity index is 2.40. The van der Waals surface area contributed by atoms with Crippen molar-refractivity contribution in [2.75, 3.05) is 0 Å². The highest BCUT2D eigenvalue weighted by atomic mass is 35.5. The Kier molecular flexibility index (Phi) is 4.14. The van der Waals surface area contributed by atoms with E-state index in [0.717, 1.165) is 0 Å². The van der Waals surface area contributed by atoms with Gasteiger partial charge in [-0.1, -0.05) is 57.0 Å². The summed E-state index contributed by atoms with van der Waals surface area (Å²) in [5.41, 5.74) is 5.47. The Morgan fingerprint density at radius 2 is 1.52 bits per heavy atom. The summed E-state index contributed by atoms with van der Waals surface area (Å²) in [6, 6.07) is 4.23. The minimum Gasteiger partial charge on any atom is -0.327 e. The van der Waals surface area contributed by atoms with Crippen LogP contribution in [0.2, 0.25) is 10.0 Å². The number of sulfonamides is 1. The van der Waals surface area contributed by atoms with Gasteiger partial charge in [-0.05, 0) is 23.0 Å². The third-order valence-corrected chi connectivity index (χ3v) is 6.93. The fourth-order valence-electron chi connectivity index (χ4n) is 3.44. The van der Waals surface area contributed by atoms with E-state index >= 15 is 0 Å². The standard InChI is InChI=1S/C14H20Cl2N2O2S/c1-13(2)11(17)14(3,4)12(13)18-21(19,20)10-8(15)6-5-7-9(10)16/h5-7,11-12,18H,17H2,1-4H3. The van der Waals surface area contributed by atoms with Crippen LogP contribution in [0.25, 0.3) is 0 Å². The number of nitrogens with two attached hydrogens (primary N) is 1. The van der Waals surface area contributed by atoms with Gasteiger partial charge < -0.3 is 5.73 Å². The molecule has 7 heteroatoms. The van der Waals surface area contributed by atoms with E-state index in [1.165, 1.54) is 12.1 Å². The van der Waals surface area contributed by atoms with Gasteiger partial charge in [-0.2, -0.15) is 0 Å². The molecule has 0 aliphatic heterocycles. The van der Waals surface area contributed by atoms with Crippen molar-refractivity contribution in [2.24, 2.45) is 16.6 Å². The number of benzene rings is 1. The van der Waals surface area contributed by atoms with Crippen LogP contribution in [0, 0.1) is 10.8 Å². The fourth-order valence-corrected chi connectivity index (χ4v) is 6.13. The van der Waals surface area contributed by atoms with Crippen molar-refractivity contribution in [3.8, 4) is 0 Å². The van der Waals surface area contributed by atoms with Crippen LogP contribution in [0.3, 0.4) is 0 Å². The Morgan fingerprint density at radius 1 is 1.10 bits per heavy atom. The van der Waals surface area contributed by atoms with Gasteiger partial charge in [0.25, 0.3) is 0 Å². The monoisotopic (exact) mass is 350 g/mol. The van der Waals surface area contributed by atoms with Gasteiger partial charge in [0.1, 0.15) is 4.90 Å². The highest BCUT2D eigenvalue weighted by molar-refractivity contribution is 7.89. The molecule has 0 atom stereocenters. The predicted octanol–water partition coefficient (Wildman–Crippen LogP) is 3.03. The summed E-state index contributed by atoms with van der Waals surface area (Å²) in [6.45, 7) is 7.79. The van der Waals surface area contributed by atoms with Crippen molar-refractivity contribution < 1.29 is 8.42 Å². The van der Waals surface area contributed by atoms with Gasteiger partial charge in [-0.25, -0.2) is 13.1 Å². The molecule has 1 aromatic carbocycles. The first-order valence-electron chi connectivity index (χ1n) is 6.64. The number of hydrogen-bond donors (Lipinski definition) is 2. The largest absolute Gasteiger partial charge is 0.327 e. The normalized spacial score (nSPS) is 27.2. The Labute approximate surface area is 136 Å². The molecule has 0 amide bonds. The highest BCUT2D eigenvalue weighted by Gasteiger charge is 2.61. The summed E-state index contributed by atoms with van der Waals surface area (Å²) in [5, 5.41) is 0.212. The summed E-state index contributed by atoms with van der Waals surface area (Å²) < 4.78 is 28.0. The average molecular weight is 351 g/mol. The SMILES string of the molecule is CC1(C)C(N)C(C)(C)C1NS(=O)(=O)c1c(Cl)cccc1Cl. The first-order valence-corrected chi connectivity index (χ1v) is 8.88. The zero-order valence-electron chi connectivity index (χ0n) is 12.4. The molecule has 21 heavy (non-hydrogen) atoms. The van der Waals surface area contributed by atoms with E-state index < -0.39 is 10.0 Å². The second kappa shape index (κ2) is 5.10. The minimum atomic E-state index is -3.82. The lowest BCUT2D eigenvalue weighted by molar-refractivity contribution is -0.0593. The van der Waals surface area contributed by atoms with E-state index in [2.05, 4.69) is 4.72 Å². The van der Waals surface area contributed by atoms with Crippen LogP contribution in [0.15, 0.2) is 23.1 Å². The van der Waals surface area contributed by atoms with Crippen molar-refractivity contribution in [1.29, 1.82) is 0 Å². The molecule has 1 aromatic rings. The van der Waals surface area contributed by atoms with Crippen molar-refractivity contribution in [2.45, 2.75) is 44.7 Å². The van der Waals surface area contributed by atoms with Gasteiger partial charge in [0, 0.05) is 12.1 Å². The molecule has 0 radical (unpaired) electrons. The Bertz CT molecular complexity index is 635. The lowest BCUT2D eigenvalue weighted by Crippen LogP contribution is -2.75. The number of hydrogen-bond acceptors (Lipinski definition) is 3. The molecule has 1 aliphatic carbocycles. The van der Waals surface area contributed by atoms with Crippen molar-refractivity contribution >= 4 is 33.2 Å². The van der Waals surface area contributed by atoms with Crippen LogP contribution >= 0.6 is 23.2 Å². The van der Waals surface area contributed by atoms with Gasteiger partial charge in [0.2, 0.25) is 10.0 Å². The third-order valence-electron chi connectivity index (χ3n) is 4.55. The molecule has 0 unspecified atom stereocenters. The fraction of sp³-hybridized carbons (Fsp3) is 0.571. The lowest BCUT2D eigenvalue weighted by Gasteiger charge is -2.62.